The summed E-state index contributed by atoms with van der Waals surface area (Å²) in [5.74, 6) is 0.270. The summed E-state index contributed by atoms with van der Waals surface area (Å²) >= 11 is 3.39. The Labute approximate surface area is 93.3 Å². The highest BCUT2D eigenvalue weighted by atomic mass is 79.9. The molecule has 2 unspecified atom stereocenters. The Morgan fingerprint density at radius 3 is 2.71 bits per heavy atom. The quantitative estimate of drug-likeness (QED) is 0.904. The van der Waals surface area contributed by atoms with E-state index >= 15 is 0 Å². The van der Waals surface area contributed by atoms with Crippen molar-refractivity contribution in [3.8, 4) is 0 Å². The average molecular weight is 261 g/mol. The molecule has 1 rings (SSSR count). The average Bonchev–Trinajstić information content (AvgIpc) is 2.46. The minimum absolute atomic E-state index is 0.270. The third-order valence-corrected chi connectivity index (χ3v) is 3.11. The first-order chi connectivity index (χ1) is 6.57. The number of hydrogen-bond acceptors (Lipinski definition) is 2. The van der Waals surface area contributed by atoms with E-state index in [0.29, 0.717) is 0 Å². The lowest BCUT2D eigenvalue weighted by molar-refractivity contribution is 0.103. The fraction of sp³-hybridized carbons (Fsp3) is 0.700. The van der Waals surface area contributed by atoms with Crippen LogP contribution in [-0.2, 0) is 7.05 Å². The molecule has 4 heteroatoms. The van der Waals surface area contributed by atoms with Crippen LogP contribution in [0, 0.1) is 5.92 Å². The van der Waals surface area contributed by atoms with Gasteiger partial charge in [-0.05, 0) is 28.3 Å². The number of aliphatic hydroxyl groups excluding tert-OH is 1. The zero-order valence-electron chi connectivity index (χ0n) is 8.87. The summed E-state index contributed by atoms with van der Waals surface area (Å²) in [6.07, 6.45) is 3.40. The van der Waals surface area contributed by atoms with E-state index < -0.39 is 6.10 Å². The minimum atomic E-state index is -0.433. The lowest BCUT2D eigenvalue weighted by atomic mass is 9.97. The Balaban J connectivity index is 2.82. The summed E-state index contributed by atoms with van der Waals surface area (Å²) in [5.41, 5.74) is 0.867. The van der Waals surface area contributed by atoms with Crippen LogP contribution < -0.4 is 0 Å². The fourth-order valence-electron chi connectivity index (χ4n) is 1.64. The second kappa shape index (κ2) is 4.94. The lowest BCUT2D eigenvalue weighted by Gasteiger charge is -2.18. The molecule has 0 aliphatic heterocycles. The van der Waals surface area contributed by atoms with E-state index in [0.717, 1.165) is 23.0 Å². The third kappa shape index (κ3) is 2.36. The van der Waals surface area contributed by atoms with Gasteiger partial charge in [0.15, 0.2) is 0 Å². The highest BCUT2D eigenvalue weighted by Crippen LogP contribution is 2.29. The SMILES string of the molecule is CCCC(C)C(O)c1c(Br)cnn1C. The van der Waals surface area contributed by atoms with Crippen LogP contribution in [0.25, 0.3) is 0 Å². The van der Waals surface area contributed by atoms with Gasteiger partial charge in [0, 0.05) is 7.05 Å². The summed E-state index contributed by atoms with van der Waals surface area (Å²) in [7, 11) is 1.85. The second-order valence-corrected chi connectivity index (χ2v) is 4.57. The maximum Gasteiger partial charge on any atom is 0.0993 e. The molecule has 0 fully saturated rings. The molecule has 0 bridgehead atoms. The van der Waals surface area contributed by atoms with Crippen molar-refractivity contribution in [2.24, 2.45) is 13.0 Å². The van der Waals surface area contributed by atoms with Crippen LogP contribution in [0.15, 0.2) is 10.7 Å². The second-order valence-electron chi connectivity index (χ2n) is 3.71. The molecule has 1 N–H and O–H groups in total. The molecule has 1 heterocycles. The fourth-order valence-corrected chi connectivity index (χ4v) is 2.22. The number of hydrogen-bond donors (Lipinski definition) is 1. The van der Waals surface area contributed by atoms with Crippen LogP contribution in [0.5, 0.6) is 0 Å². The number of rotatable bonds is 4. The molecule has 0 aromatic carbocycles. The number of nitrogens with zero attached hydrogens (tertiary/aromatic N) is 2. The van der Waals surface area contributed by atoms with Crippen LogP contribution >= 0.6 is 15.9 Å². The first-order valence-electron chi connectivity index (χ1n) is 4.93. The van der Waals surface area contributed by atoms with E-state index in [1.54, 1.807) is 10.9 Å². The maximum absolute atomic E-state index is 10.1. The molecule has 0 spiro atoms. The molecule has 14 heavy (non-hydrogen) atoms. The minimum Gasteiger partial charge on any atom is -0.386 e. The number of aryl methyl sites for hydroxylation is 1. The normalized spacial score (nSPS) is 15.5. The summed E-state index contributed by atoms with van der Waals surface area (Å²) < 4.78 is 2.61. The van der Waals surface area contributed by atoms with Gasteiger partial charge in [-0.15, -0.1) is 0 Å². The van der Waals surface area contributed by atoms with Gasteiger partial charge in [0.2, 0.25) is 0 Å². The summed E-state index contributed by atoms with van der Waals surface area (Å²) in [4.78, 5) is 0. The summed E-state index contributed by atoms with van der Waals surface area (Å²) in [6.45, 7) is 4.19. The Bertz CT molecular complexity index is 279. The van der Waals surface area contributed by atoms with Gasteiger partial charge in [0.25, 0.3) is 0 Å². The van der Waals surface area contributed by atoms with Crippen LogP contribution in [0.4, 0.5) is 0 Å². The standard InChI is InChI=1S/C10H17BrN2O/c1-4-5-7(2)10(14)9-8(11)6-12-13(9)3/h6-7,10,14H,4-5H2,1-3H3. The van der Waals surface area contributed by atoms with Crippen molar-refractivity contribution >= 4 is 15.9 Å². The van der Waals surface area contributed by atoms with Gasteiger partial charge in [-0.25, -0.2) is 0 Å². The van der Waals surface area contributed by atoms with Crippen LogP contribution in [0.3, 0.4) is 0 Å². The summed E-state index contributed by atoms with van der Waals surface area (Å²) in [6, 6.07) is 0. The Kier molecular flexibility index (Phi) is 4.13. The van der Waals surface area contributed by atoms with E-state index in [4.69, 9.17) is 0 Å². The van der Waals surface area contributed by atoms with Gasteiger partial charge < -0.3 is 5.11 Å². The van der Waals surface area contributed by atoms with Crippen LogP contribution in [0.2, 0.25) is 0 Å². The Morgan fingerprint density at radius 1 is 1.64 bits per heavy atom. The van der Waals surface area contributed by atoms with Crippen molar-refractivity contribution in [3.63, 3.8) is 0 Å². The van der Waals surface area contributed by atoms with Crippen LogP contribution in [-0.4, -0.2) is 14.9 Å². The van der Waals surface area contributed by atoms with Gasteiger partial charge in [0.05, 0.1) is 22.5 Å². The smallest absolute Gasteiger partial charge is 0.0993 e. The molecule has 0 saturated carbocycles. The van der Waals surface area contributed by atoms with Gasteiger partial charge in [0.1, 0.15) is 0 Å². The first kappa shape index (κ1) is 11.7. The zero-order valence-corrected chi connectivity index (χ0v) is 10.5. The number of aromatic nitrogens is 2. The van der Waals surface area contributed by atoms with Crippen molar-refractivity contribution < 1.29 is 5.11 Å². The summed E-state index contributed by atoms with van der Waals surface area (Å²) in [5, 5.41) is 14.2. The van der Waals surface area contributed by atoms with Crippen molar-refractivity contribution in [1.29, 1.82) is 0 Å². The molecule has 2 atom stereocenters. The van der Waals surface area contributed by atoms with Crippen molar-refractivity contribution in [3.05, 3.63) is 16.4 Å². The largest absolute Gasteiger partial charge is 0.386 e. The van der Waals surface area contributed by atoms with E-state index in [1.807, 2.05) is 7.05 Å². The molecular weight excluding hydrogens is 244 g/mol. The number of halogens is 1. The van der Waals surface area contributed by atoms with Gasteiger partial charge >= 0.3 is 0 Å². The zero-order chi connectivity index (χ0) is 10.7. The van der Waals surface area contributed by atoms with Gasteiger partial charge in [-0.1, -0.05) is 20.3 Å². The highest BCUT2D eigenvalue weighted by molar-refractivity contribution is 9.10. The topological polar surface area (TPSA) is 38.1 Å². The van der Waals surface area contributed by atoms with Crippen molar-refractivity contribution in [1.82, 2.24) is 9.78 Å². The van der Waals surface area contributed by atoms with Crippen LogP contribution in [0.1, 0.15) is 38.5 Å². The highest BCUT2D eigenvalue weighted by Gasteiger charge is 2.21. The molecule has 1 aromatic heterocycles. The first-order valence-corrected chi connectivity index (χ1v) is 5.72. The van der Waals surface area contributed by atoms with E-state index in [1.165, 1.54) is 0 Å². The molecular formula is C10H17BrN2O. The van der Waals surface area contributed by atoms with E-state index in [9.17, 15) is 5.11 Å². The molecule has 0 saturated heterocycles. The van der Waals surface area contributed by atoms with E-state index in [-0.39, 0.29) is 5.92 Å². The molecule has 0 radical (unpaired) electrons. The third-order valence-electron chi connectivity index (χ3n) is 2.50. The molecule has 0 aliphatic carbocycles. The predicted molar refractivity (Wildman–Crippen MR) is 59.9 cm³/mol. The van der Waals surface area contributed by atoms with Crippen molar-refractivity contribution in [2.75, 3.05) is 0 Å². The molecule has 0 aliphatic rings. The van der Waals surface area contributed by atoms with Crippen molar-refractivity contribution in [2.45, 2.75) is 32.8 Å². The lowest BCUT2D eigenvalue weighted by Crippen LogP contribution is -2.13. The molecule has 0 amide bonds. The Morgan fingerprint density at radius 2 is 2.29 bits per heavy atom. The predicted octanol–water partition coefficient (Wildman–Crippen LogP) is 2.65. The van der Waals surface area contributed by atoms with E-state index in [2.05, 4.69) is 34.9 Å². The monoisotopic (exact) mass is 260 g/mol. The van der Waals surface area contributed by atoms with Gasteiger partial charge in [-0.3, -0.25) is 4.68 Å². The number of aliphatic hydroxyl groups is 1. The molecule has 3 nitrogen and oxygen atoms in total. The molecule has 1 aromatic rings. The maximum atomic E-state index is 10.1. The Hall–Kier alpha value is -0.350. The van der Waals surface area contributed by atoms with Gasteiger partial charge in [-0.2, -0.15) is 5.10 Å². The molecule has 80 valence electrons.